The van der Waals surface area contributed by atoms with E-state index in [9.17, 15) is 0 Å². The summed E-state index contributed by atoms with van der Waals surface area (Å²) in [5.41, 5.74) is 2.54. The van der Waals surface area contributed by atoms with E-state index >= 15 is 0 Å². The molecule has 0 spiro atoms. The Morgan fingerprint density at radius 1 is 1.70 bits per heavy atom. The molecule has 1 fully saturated rings. The van der Waals surface area contributed by atoms with Gasteiger partial charge in [-0.15, -0.1) is 0 Å². The fourth-order valence-corrected chi connectivity index (χ4v) is 1.25. The van der Waals surface area contributed by atoms with E-state index in [0.717, 1.165) is 18.7 Å². The SMILES string of the molecule is C=C1NCCC/C1=C/CC. The number of hydrogen-bond donors (Lipinski definition) is 1. The Labute approximate surface area is 62.8 Å². The highest BCUT2D eigenvalue weighted by atomic mass is 14.9. The van der Waals surface area contributed by atoms with Crippen LogP contribution in [0.3, 0.4) is 0 Å². The summed E-state index contributed by atoms with van der Waals surface area (Å²) in [6.45, 7) is 7.19. The van der Waals surface area contributed by atoms with E-state index in [4.69, 9.17) is 0 Å². The molecule has 1 heteroatoms. The van der Waals surface area contributed by atoms with E-state index in [-0.39, 0.29) is 0 Å². The summed E-state index contributed by atoms with van der Waals surface area (Å²) >= 11 is 0. The van der Waals surface area contributed by atoms with Crippen LogP contribution in [0.15, 0.2) is 23.9 Å². The van der Waals surface area contributed by atoms with Crippen LogP contribution in [0.2, 0.25) is 0 Å². The third-order valence-electron chi connectivity index (χ3n) is 1.80. The van der Waals surface area contributed by atoms with E-state index < -0.39 is 0 Å². The zero-order chi connectivity index (χ0) is 7.40. The van der Waals surface area contributed by atoms with Gasteiger partial charge in [0, 0.05) is 12.2 Å². The number of hydrogen-bond acceptors (Lipinski definition) is 1. The molecule has 0 aromatic heterocycles. The molecule has 0 unspecified atom stereocenters. The maximum Gasteiger partial charge on any atom is 0.0296 e. The van der Waals surface area contributed by atoms with Gasteiger partial charge in [0.15, 0.2) is 0 Å². The van der Waals surface area contributed by atoms with Crippen molar-refractivity contribution < 1.29 is 0 Å². The van der Waals surface area contributed by atoms with Gasteiger partial charge in [0.25, 0.3) is 0 Å². The first-order valence-electron chi connectivity index (χ1n) is 3.96. The molecular weight excluding hydrogens is 122 g/mol. The average molecular weight is 137 g/mol. The standard InChI is InChI=1S/C9H15N/c1-3-5-9-6-4-7-10-8(9)2/h5,10H,2-4,6-7H2,1H3/b9-5-. The van der Waals surface area contributed by atoms with Crippen molar-refractivity contribution in [2.24, 2.45) is 0 Å². The van der Waals surface area contributed by atoms with Crippen molar-refractivity contribution in [1.29, 1.82) is 0 Å². The lowest BCUT2D eigenvalue weighted by Gasteiger charge is -2.18. The van der Waals surface area contributed by atoms with Gasteiger partial charge in [-0.25, -0.2) is 0 Å². The molecule has 1 rings (SSSR count). The van der Waals surface area contributed by atoms with Crippen molar-refractivity contribution in [3.63, 3.8) is 0 Å². The number of piperidine rings is 1. The highest BCUT2D eigenvalue weighted by Gasteiger charge is 2.06. The van der Waals surface area contributed by atoms with Gasteiger partial charge in [-0.3, -0.25) is 0 Å². The zero-order valence-electron chi connectivity index (χ0n) is 6.61. The van der Waals surface area contributed by atoms with Crippen LogP contribution < -0.4 is 5.32 Å². The molecule has 1 aliphatic heterocycles. The number of rotatable bonds is 1. The Hall–Kier alpha value is -0.720. The molecule has 0 aromatic carbocycles. The van der Waals surface area contributed by atoms with Gasteiger partial charge < -0.3 is 5.32 Å². The molecule has 0 bridgehead atoms. The summed E-state index contributed by atoms with van der Waals surface area (Å²) in [4.78, 5) is 0. The Balaban J connectivity index is 2.56. The highest BCUT2D eigenvalue weighted by molar-refractivity contribution is 5.28. The Morgan fingerprint density at radius 3 is 3.10 bits per heavy atom. The van der Waals surface area contributed by atoms with E-state index in [2.05, 4.69) is 24.9 Å². The van der Waals surface area contributed by atoms with Crippen LogP contribution >= 0.6 is 0 Å². The second-order valence-electron chi connectivity index (χ2n) is 2.65. The van der Waals surface area contributed by atoms with Crippen molar-refractivity contribution in [2.75, 3.05) is 6.54 Å². The fraction of sp³-hybridized carbons (Fsp3) is 0.556. The Bertz CT molecular complexity index is 156. The summed E-state index contributed by atoms with van der Waals surface area (Å²) in [6.07, 6.45) is 5.84. The van der Waals surface area contributed by atoms with Gasteiger partial charge in [-0.1, -0.05) is 19.6 Å². The van der Waals surface area contributed by atoms with Crippen LogP contribution in [0.5, 0.6) is 0 Å². The minimum Gasteiger partial charge on any atom is -0.385 e. The van der Waals surface area contributed by atoms with Gasteiger partial charge in [0.05, 0.1) is 0 Å². The molecule has 0 amide bonds. The zero-order valence-corrected chi connectivity index (χ0v) is 6.61. The first-order chi connectivity index (χ1) is 4.84. The van der Waals surface area contributed by atoms with Gasteiger partial charge in [-0.2, -0.15) is 0 Å². The van der Waals surface area contributed by atoms with Crippen molar-refractivity contribution in [3.8, 4) is 0 Å². The van der Waals surface area contributed by atoms with E-state index in [1.165, 1.54) is 18.4 Å². The Morgan fingerprint density at radius 2 is 2.50 bits per heavy atom. The Kier molecular flexibility index (Phi) is 2.55. The quantitative estimate of drug-likeness (QED) is 0.584. The minimum absolute atomic E-state index is 1.10. The lowest BCUT2D eigenvalue weighted by Crippen LogP contribution is -2.20. The molecule has 1 N–H and O–H groups in total. The molecule has 1 aliphatic rings. The first-order valence-corrected chi connectivity index (χ1v) is 3.96. The first kappa shape index (κ1) is 7.39. The van der Waals surface area contributed by atoms with Crippen LogP contribution in [0.4, 0.5) is 0 Å². The summed E-state index contributed by atoms with van der Waals surface area (Å²) in [5, 5.41) is 3.25. The van der Waals surface area contributed by atoms with Crippen LogP contribution in [0.1, 0.15) is 26.2 Å². The maximum atomic E-state index is 3.93. The maximum absolute atomic E-state index is 3.93. The number of allylic oxidation sites excluding steroid dienone is 2. The summed E-state index contributed by atoms with van der Waals surface area (Å²) in [7, 11) is 0. The van der Waals surface area contributed by atoms with Crippen molar-refractivity contribution in [3.05, 3.63) is 23.9 Å². The van der Waals surface area contributed by atoms with E-state index in [0.29, 0.717) is 0 Å². The van der Waals surface area contributed by atoms with E-state index in [1.807, 2.05) is 0 Å². The second-order valence-corrected chi connectivity index (χ2v) is 2.65. The molecule has 0 atom stereocenters. The molecule has 56 valence electrons. The topological polar surface area (TPSA) is 12.0 Å². The highest BCUT2D eigenvalue weighted by Crippen LogP contribution is 2.16. The summed E-state index contributed by atoms with van der Waals surface area (Å²) in [5.74, 6) is 0. The molecule has 10 heavy (non-hydrogen) atoms. The lowest BCUT2D eigenvalue weighted by molar-refractivity contribution is 0.669. The molecule has 0 saturated carbocycles. The van der Waals surface area contributed by atoms with Gasteiger partial charge in [0.2, 0.25) is 0 Å². The molecule has 0 radical (unpaired) electrons. The van der Waals surface area contributed by atoms with Crippen LogP contribution in [0.25, 0.3) is 0 Å². The minimum atomic E-state index is 1.10. The third-order valence-corrected chi connectivity index (χ3v) is 1.80. The van der Waals surface area contributed by atoms with Gasteiger partial charge in [0.1, 0.15) is 0 Å². The van der Waals surface area contributed by atoms with Crippen molar-refractivity contribution in [2.45, 2.75) is 26.2 Å². The van der Waals surface area contributed by atoms with Gasteiger partial charge >= 0.3 is 0 Å². The second kappa shape index (κ2) is 3.45. The van der Waals surface area contributed by atoms with Crippen molar-refractivity contribution >= 4 is 0 Å². The molecule has 1 heterocycles. The molecule has 1 nitrogen and oxygen atoms in total. The predicted molar refractivity (Wildman–Crippen MR) is 44.8 cm³/mol. The fourth-order valence-electron chi connectivity index (χ4n) is 1.25. The third kappa shape index (κ3) is 1.63. The summed E-state index contributed by atoms with van der Waals surface area (Å²) < 4.78 is 0. The van der Waals surface area contributed by atoms with E-state index in [1.54, 1.807) is 0 Å². The van der Waals surface area contributed by atoms with Crippen molar-refractivity contribution in [1.82, 2.24) is 5.32 Å². The smallest absolute Gasteiger partial charge is 0.0296 e. The lowest BCUT2D eigenvalue weighted by atomic mass is 10.0. The summed E-state index contributed by atoms with van der Waals surface area (Å²) in [6, 6.07) is 0. The van der Waals surface area contributed by atoms with Gasteiger partial charge in [-0.05, 0) is 24.8 Å². The van der Waals surface area contributed by atoms with Crippen LogP contribution in [-0.2, 0) is 0 Å². The number of nitrogens with one attached hydrogen (secondary N) is 1. The normalized spacial score (nSPS) is 22.9. The monoisotopic (exact) mass is 137 g/mol. The molecular formula is C9H15N. The molecule has 0 aliphatic carbocycles. The predicted octanol–water partition coefficient (Wildman–Crippen LogP) is 2.22. The molecule has 0 aromatic rings. The van der Waals surface area contributed by atoms with Crippen LogP contribution in [0, 0.1) is 0 Å². The largest absolute Gasteiger partial charge is 0.385 e. The molecule has 1 saturated heterocycles. The van der Waals surface area contributed by atoms with Crippen LogP contribution in [-0.4, -0.2) is 6.54 Å². The average Bonchev–Trinajstić information content (AvgIpc) is 1.94.